The minimum Gasteiger partial charge on any atom is -0.338 e. The summed E-state index contributed by atoms with van der Waals surface area (Å²) in [7, 11) is 2.26. The van der Waals surface area contributed by atoms with Gasteiger partial charge in [-0.1, -0.05) is 6.42 Å². The van der Waals surface area contributed by atoms with Crippen LogP contribution in [-0.4, -0.2) is 47.1 Å². The lowest BCUT2D eigenvalue weighted by molar-refractivity contribution is 0.0943. The van der Waals surface area contributed by atoms with Crippen molar-refractivity contribution in [2.75, 3.05) is 25.0 Å². The fraction of sp³-hybridized carbons (Fsp3) is 0.667. The second-order valence-electron chi connectivity index (χ2n) is 5.01. The Labute approximate surface area is 110 Å². The summed E-state index contributed by atoms with van der Waals surface area (Å²) in [4.78, 5) is 13.7. The Morgan fingerprint density at radius 1 is 1.18 bits per heavy atom. The molecule has 1 aromatic heterocycles. The number of hydrogen-bond acceptors (Lipinski definition) is 4. The zero-order valence-electron chi connectivity index (χ0n) is 10.0. The lowest BCUT2D eigenvalue weighted by atomic mass is 9.92. The highest BCUT2D eigenvalue weighted by Gasteiger charge is 2.35. The average Bonchev–Trinajstić information content (AvgIpc) is 2.30. The Hall–Kier alpha value is -0.680. The molecule has 1 aromatic rings. The molecule has 0 aliphatic carbocycles. The molecule has 5 heteroatoms. The van der Waals surface area contributed by atoms with Crippen LogP contribution in [0.5, 0.6) is 0 Å². The lowest BCUT2D eigenvalue weighted by Crippen LogP contribution is -2.59. The van der Waals surface area contributed by atoms with Gasteiger partial charge in [-0.25, -0.2) is 9.97 Å². The molecule has 3 heterocycles. The van der Waals surface area contributed by atoms with E-state index in [4.69, 9.17) is 0 Å². The van der Waals surface area contributed by atoms with Crippen LogP contribution < -0.4 is 4.90 Å². The number of anilines is 1. The molecule has 0 amide bonds. The van der Waals surface area contributed by atoms with Gasteiger partial charge in [0, 0.05) is 37.6 Å². The van der Waals surface area contributed by atoms with E-state index in [1.54, 1.807) is 0 Å². The van der Waals surface area contributed by atoms with Crippen LogP contribution in [0.1, 0.15) is 19.3 Å². The topological polar surface area (TPSA) is 32.3 Å². The molecule has 0 radical (unpaired) electrons. The molecule has 2 aliphatic heterocycles. The average molecular weight is 297 g/mol. The van der Waals surface area contributed by atoms with Crippen LogP contribution in [0.4, 0.5) is 5.95 Å². The Kier molecular flexibility index (Phi) is 3.04. The predicted octanol–water partition coefficient (Wildman–Crippen LogP) is 1.91. The summed E-state index contributed by atoms with van der Waals surface area (Å²) in [5, 5.41) is 0. The molecule has 2 unspecified atom stereocenters. The summed E-state index contributed by atoms with van der Waals surface area (Å²) < 4.78 is 0.940. The van der Waals surface area contributed by atoms with Crippen LogP contribution in [0.15, 0.2) is 16.9 Å². The van der Waals surface area contributed by atoms with Crippen molar-refractivity contribution in [2.45, 2.75) is 31.3 Å². The Bertz CT molecular complexity index is 380. The highest BCUT2D eigenvalue weighted by atomic mass is 79.9. The van der Waals surface area contributed by atoms with Gasteiger partial charge >= 0.3 is 0 Å². The maximum atomic E-state index is 4.40. The molecule has 2 aliphatic rings. The number of fused-ring (bicyclic) bond motifs is 2. The van der Waals surface area contributed by atoms with Gasteiger partial charge in [-0.05, 0) is 35.8 Å². The van der Waals surface area contributed by atoms with Gasteiger partial charge in [-0.2, -0.15) is 0 Å². The monoisotopic (exact) mass is 296 g/mol. The van der Waals surface area contributed by atoms with Crippen molar-refractivity contribution in [1.82, 2.24) is 14.9 Å². The van der Waals surface area contributed by atoms with Gasteiger partial charge in [0.25, 0.3) is 0 Å². The zero-order valence-corrected chi connectivity index (χ0v) is 11.6. The smallest absolute Gasteiger partial charge is 0.225 e. The van der Waals surface area contributed by atoms with E-state index in [2.05, 4.69) is 42.7 Å². The van der Waals surface area contributed by atoms with E-state index in [0.29, 0.717) is 12.1 Å². The maximum absolute atomic E-state index is 4.40. The van der Waals surface area contributed by atoms with Gasteiger partial charge in [0.1, 0.15) is 0 Å². The van der Waals surface area contributed by atoms with Crippen molar-refractivity contribution in [3.8, 4) is 0 Å². The van der Waals surface area contributed by atoms with Crippen LogP contribution in [0.25, 0.3) is 0 Å². The minimum atomic E-state index is 0.676. The van der Waals surface area contributed by atoms with E-state index in [9.17, 15) is 0 Å². The summed E-state index contributed by atoms with van der Waals surface area (Å²) in [5.74, 6) is 0.873. The molecule has 2 fully saturated rings. The van der Waals surface area contributed by atoms with Crippen molar-refractivity contribution >= 4 is 21.9 Å². The number of nitrogens with zero attached hydrogens (tertiary/aromatic N) is 4. The first-order chi connectivity index (χ1) is 8.24. The van der Waals surface area contributed by atoms with E-state index in [1.807, 2.05) is 12.4 Å². The Balaban J connectivity index is 1.79. The van der Waals surface area contributed by atoms with Crippen LogP contribution in [0, 0.1) is 0 Å². The van der Waals surface area contributed by atoms with E-state index in [1.165, 1.54) is 19.3 Å². The second kappa shape index (κ2) is 4.53. The molecule has 0 spiro atoms. The van der Waals surface area contributed by atoms with E-state index >= 15 is 0 Å². The van der Waals surface area contributed by atoms with Crippen molar-refractivity contribution in [3.63, 3.8) is 0 Å². The summed E-state index contributed by atoms with van der Waals surface area (Å²) in [6.07, 6.45) is 7.64. The SMILES string of the molecule is CN1C2CCCC1CN(c1ncc(Br)cn1)C2. The van der Waals surface area contributed by atoms with Gasteiger partial charge in [0.15, 0.2) is 0 Å². The fourth-order valence-electron chi connectivity index (χ4n) is 2.95. The summed E-state index contributed by atoms with van der Waals surface area (Å²) in [5.41, 5.74) is 0. The maximum Gasteiger partial charge on any atom is 0.225 e. The van der Waals surface area contributed by atoms with E-state index in [0.717, 1.165) is 23.5 Å². The molecule has 0 aromatic carbocycles. The molecule has 92 valence electrons. The Morgan fingerprint density at radius 3 is 2.35 bits per heavy atom. The van der Waals surface area contributed by atoms with Gasteiger partial charge in [0.2, 0.25) is 5.95 Å². The standard InChI is InChI=1S/C12H17BrN4/c1-16-10-3-2-4-11(16)8-17(7-10)12-14-5-9(13)6-15-12/h5-6,10-11H,2-4,7-8H2,1H3. The first-order valence-corrected chi connectivity index (χ1v) is 6.98. The summed E-state index contributed by atoms with van der Waals surface area (Å²) in [6.45, 7) is 2.13. The third kappa shape index (κ3) is 2.18. The molecular formula is C12H17BrN4. The molecule has 4 nitrogen and oxygen atoms in total. The number of rotatable bonds is 1. The van der Waals surface area contributed by atoms with Crippen LogP contribution >= 0.6 is 15.9 Å². The Morgan fingerprint density at radius 2 is 1.76 bits per heavy atom. The third-order valence-corrected chi connectivity index (χ3v) is 4.39. The zero-order chi connectivity index (χ0) is 11.8. The van der Waals surface area contributed by atoms with Gasteiger partial charge in [-0.15, -0.1) is 0 Å². The molecular weight excluding hydrogens is 280 g/mol. The first kappa shape index (κ1) is 11.4. The molecule has 2 atom stereocenters. The highest BCUT2D eigenvalue weighted by Crippen LogP contribution is 2.28. The lowest BCUT2D eigenvalue weighted by Gasteiger charge is -2.48. The molecule has 0 N–H and O–H groups in total. The molecule has 0 saturated carbocycles. The number of halogens is 1. The van der Waals surface area contributed by atoms with Crippen LogP contribution in [-0.2, 0) is 0 Å². The third-order valence-electron chi connectivity index (χ3n) is 3.98. The number of piperidine rings is 1. The molecule has 2 saturated heterocycles. The minimum absolute atomic E-state index is 0.676. The van der Waals surface area contributed by atoms with Crippen LogP contribution in [0.3, 0.4) is 0 Å². The summed E-state index contributed by atoms with van der Waals surface area (Å²) in [6, 6.07) is 1.35. The summed E-state index contributed by atoms with van der Waals surface area (Å²) >= 11 is 3.38. The van der Waals surface area contributed by atoms with Crippen molar-refractivity contribution < 1.29 is 0 Å². The predicted molar refractivity (Wildman–Crippen MR) is 71.1 cm³/mol. The number of aromatic nitrogens is 2. The number of hydrogen-bond donors (Lipinski definition) is 0. The highest BCUT2D eigenvalue weighted by molar-refractivity contribution is 9.10. The van der Waals surface area contributed by atoms with E-state index in [-0.39, 0.29) is 0 Å². The van der Waals surface area contributed by atoms with Gasteiger partial charge in [0.05, 0.1) is 4.47 Å². The normalized spacial score (nSPS) is 29.4. The van der Waals surface area contributed by atoms with E-state index < -0.39 is 0 Å². The van der Waals surface area contributed by atoms with Gasteiger partial charge < -0.3 is 4.90 Å². The van der Waals surface area contributed by atoms with Crippen molar-refractivity contribution in [1.29, 1.82) is 0 Å². The van der Waals surface area contributed by atoms with Gasteiger partial charge in [-0.3, -0.25) is 4.90 Å². The second-order valence-corrected chi connectivity index (χ2v) is 5.93. The number of likely N-dealkylation sites (N-methyl/N-ethyl adjacent to an activating group) is 1. The molecule has 2 bridgehead atoms. The quantitative estimate of drug-likeness (QED) is 0.792. The largest absolute Gasteiger partial charge is 0.338 e. The number of piperazine rings is 1. The van der Waals surface area contributed by atoms with Crippen molar-refractivity contribution in [2.24, 2.45) is 0 Å². The first-order valence-electron chi connectivity index (χ1n) is 6.18. The van der Waals surface area contributed by atoms with Crippen molar-refractivity contribution in [3.05, 3.63) is 16.9 Å². The fourth-order valence-corrected chi connectivity index (χ4v) is 3.15. The van der Waals surface area contributed by atoms with Crippen LogP contribution in [0.2, 0.25) is 0 Å². The molecule has 17 heavy (non-hydrogen) atoms. The molecule has 3 rings (SSSR count).